The molecule has 3 amide bonds. The van der Waals surface area contributed by atoms with Crippen molar-refractivity contribution in [1.82, 2.24) is 19.4 Å². The number of phenolic OH excluding ortho intramolecular Hbond substituents is 1. The Balaban J connectivity index is 1.80. The standard InChI is InChI=1S/C30H37N7O6/c1-16-11-12-21(38)17(2)22(16)37-23(34-27(40)42-29(3,4)5)18(14-31)19-15-32-26(33-24(19)37)35-25(39)20-10-9-13-36(20)28(41)43-30(6,7)8/h11-12,15,20,38H,9-10,13H2,1-8H3,(H,34,40)(H,32,33,35,39)/t20-/m1/s1. The lowest BCUT2D eigenvalue weighted by molar-refractivity contribution is -0.120. The number of hydrogen-bond acceptors (Lipinski definition) is 9. The van der Waals surface area contributed by atoms with Crippen LogP contribution in [0.4, 0.5) is 21.4 Å². The van der Waals surface area contributed by atoms with E-state index in [4.69, 9.17) is 9.47 Å². The number of nitrogens with one attached hydrogen (secondary N) is 2. The minimum absolute atomic E-state index is 0.00442. The minimum Gasteiger partial charge on any atom is -0.508 e. The van der Waals surface area contributed by atoms with Crippen LogP contribution in [0.5, 0.6) is 5.75 Å². The second kappa shape index (κ2) is 11.4. The molecule has 1 atom stereocenters. The van der Waals surface area contributed by atoms with Gasteiger partial charge in [-0.25, -0.2) is 14.6 Å². The maximum atomic E-state index is 13.3. The maximum absolute atomic E-state index is 13.3. The van der Waals surface area contributed by atoms with Crippen LogP contribution in [-0.4, -0.2) is 66.4 Å². The van der Waals surface area contributed by atoms with E-state index in [1.165, 1.54) is 15.7 Å². The fraction of sp³-hybridized carbons (Fsp3) is 0.467. The van der Waals surface area contributed by atoms with Crippen LogP contribution in [0.2, 0.25) is 0 Å². The van der Waals surface area contributed by atoms with Crippen molar-refractivity contribution in [1.29, 1.82) is 5.26 Å². The van der Waals surface area contributed by atoms with Gasteiger partial charge in [-0.3, -0.25) is 24.9 Å². The Morgan fingerprint density at radius 2 is 1.74 bits per heavy atom. The summed E-state index contributed by atoms with van der Waals surface area (Å²) in [5, 5.41) is 26.4. The largest absolute Gasteiger partial charge is 0.508 e. The predicted molar refractivity (Wildman–Crippen MR) is 159 cm³/mol. The normalized spacial score (nSPS) is 15.2. The Morgan fingerprint density at radius 1 is 1.07 bits per heavy atom. The van der Waals surface area contributed by atoms with Crippen molar-refractivity contribution < 1.29 is 29.0 Å². The average molecular weight is 592 g/mol. The van der Waals surface area contributed by atoms with Crippen molar-refractivity contribution in [2.75, 3.05) is 17.2 Å². The summed E-state index contributed by atoms with van der Waals surface area (Å²) in [7, 11) is 0. The number of fused-ring (bicyclic) bond motifs is 1. The Morgan fingerprint density at radius 3 is 2.37 bits per heavy atom. The van der Waals surface area contributed by atoms with Crippen molar-refractivity contribution in [2.45, 2.75) is 85.5 Å². The number of carbonyl (C=O) groups excluding carboxylic acids is 3. The lowest BCUT2D eigenvalue weighted by atomic mass is 10.1. The molecule has 0 radical (unpaired) electrons. The van der Waals surface area contributed by atoms with Gasteiger partial charge in [0, 0.05) is 18.3 Å². The molecule has 0 unspecified atom stereocenters. The number of nitriles is 1. The van der Waals surface area contributed by atoms with Crippen LogP contribution < -0.4 is 10.6 Å². The summed E-state index contributed by atoms with van der Waals surface area (Å²) in [6.07, 6.45) is 1.06. The molecule has 3 aromatic rings. The molecule has 3 N–H and O–H groups in total. The first-order valence-electron chi connectivity index (χ1n) is 13.9. The van der Waals surface area contributed by atoms with Gasteiger partial charge in [0.05, 0.1) is 11.1 Å². The number of aromatic hydroxyl groups is 1. The number of benzene rings is 1. The zero-order valence-electron chi connectivity index (χ0n) is 25.7. The highest BCUT2D eigenvalue weighted by atomic mass is 16.6. The fourth-order valence-corrected chi connectivity index (χ4v) is 4.92. The summed E-state index contributed by atoms with van der Waals surface area (Å²) in [4.78, 5) is 49.2. The summed E-state index contributed by atoms with van der Waals surface area (Å²) in [6, 6.07) is 4.57. The highest BCUT2D eigenvalue weighted by Gasteiger charge is 2.37. The van der Waals surface area contributed by atoms with Crippen LogP contribution in [0.1, 0.15) is 71.1 Å². The zero-order valence-corrected chi connectivity index (χ0v) is 25.7. The predicted octanol–water partition coefficient (Wildman–Crippen LogP) is 5.30. The van der Waals surface area contributed by atoms with Crippen LogP contribution in [-0.2, 0) is 14.3 Å². The first-order valence-corrected chi connectivity index (χ1v) is 13.9. The third-order valence-corrected chi connectivity index (χ3v) is 6.69. The second-order valence-corrected chi connectivity index (χ2v) is 12.4. The van der Waals surface area contributed by atoms with E-state index in [0.29, 0.717) is 41.6 Å². The molecule has 13 heteroatoms. The zero-order chi connectivity index (χ0) is 31.9. The molecule has 4 rings (SSSR count). The maximum Gasteiger partial charge on any atom is 0.413 e. The number of anilines is 2. The van der Waals surface area contributed by atoms with E-state index in [-0.39, 0.29) is 28.7 Å². The number of carbonyl (C=O) groups is 3. The molecular weight excluding hydrogens is 554 g/mol. The Labute approximate surface area is 249 Å². The molecule has 1 saturated heterocycles. The highest BCUT2D eigenvalue weighted by Crippen LogP contribution is 2.37. The first kappa shape index (κ1) is 31.1. The Bertz CT molecular complexity index is 1640. The van der Waals surface area contributed by atoms with E-state index in [9.17, 15) is 24.8 Å². The SMILES string of the molecule is Cc1ccc(O)c(C)c1-n1c(NC(=O)OC(C)(C)C)c(C#N)c2cnc(NC(=O)[C@H]3CCCN3C(=O)OC(C)(C)C)nc21. The number of nitrogens with zero attached hydrogens (tertiary/aromatic N) is 5. The van der Waals surface area contributed by atoms with Gasteiger partial charge >= 0.3 is 12.2 Å². The van der Waals surface area contributed by atoms with E-state index in [1.54, 1.807) is 60.6 Å². The topological polar surface area (TPSA) is 172 Å². The van der Waals surface area contributed by atoms with Crippen LogP contribution in [0.3, 0.4) is 0 Å². The van der Waals surface area contributed by atoms with Crippen molar-refractivity contribution >= 4 is 40.9 Å². The number of ether oxygens (including phenoxy) is 2. The van der Waals surface area contributed by atoms with Gasteiger partial charge in [-0.15, -0.1) is 0 Å². The number of likely N-dealkylation sites (tertiary alicyclic amines) is 1. The molecule has 1 aromatic carbocycles. The molecule has 0 spiro atoms. The number of aromatic nitrogens is 3. The number of phenols is 1. The fourth-order valence-electron chi connectivity index (χ4n) is 4.92. The molecule has 3 heterocycles. The van der Waals surface area contributed by atoms with Crippen LogP contribution in [0.25, 0.3) is 16.7 Å². The van der Waals surface area contributed by atoms with Gasteiger partial charge in [0.1, 0.15) is 40.4 Å². The van der Waals surface area contributed by atoms with Crippen molar-refractivity contribution in [3.63, 3.8) is 0 Å². The third kappa shape index (κ3) is 6.63. The summed E-state index contributed by atoms with van der Waals surface area (Å²) in [5.41, 5.74) is 0.387. The number of amides is 3. The van der Waals surface area contributed by atoms with E-state index >= 15 is 0 Å². The molecule has 2 aromatic heterocycles. The van der Waals surface area contributed by atoms with E-state index in [0.717, 1.165) is 0 Å². The first-order chi connectivity index (χ1) is 20.0. The van der Waals surface area contributed by atoms with Gasteiger partial charge in [0.2, 0.25) is 11.9 Å². The monoisotopic (exact) mass is 591 g/mol. The molecule has 13 nitrogen and oxygen atoms in total. The molecule has 1 fully saturated rings. The molecule has 43 heavy (non-hydrogen) atoms. The van der Waals surface area contributed by atoms with E-state index in [1.807, 2.05) is 6.92 Å². The Hall–Kier alpha value is -4.86. The van der Waals surface area contributed by atoms with Crippen molar-refractivity contribution in [2.24, 2.45) is 0 Å². The van der Waals surface area contributed by atoms with Crippen molar-refractivity contribution in [3.8, 4) is 17.5 Å². The summed E-state index contributed by atoms with van der Waals surface area (Å²) in [5.74, 6) is -0.502. The van der Waals surface area contributed by atoms with Gasteiger partial charge in [-0.2, -0.15) is 10.2 Å². The molecule has 0 saturated carbocycles. The number of rotatable bonds is 4. The number of aryl methyl sites for hydroxylation is 1. The molecule has 228 valence electrons. The van der Waals surface area contributed by atoms with Crippen LogP contribution in [0.15, 0.2) is 18.3 Å². The smallest absolute Gasteiger partial charge is 0.413 e. The van der Waals surface area contributed by atoms with Crippen LogP contribution >= 0.6 is 0 Å². The van der Waals surface area contributed by atoms with E-state index < -0.39 is 35.3 Å². The van der Waals surface area contributed by atoms with Crippen molar-refractivity contribution in [3.05, 3.63) is 35.0 Å². The Kier molecular flexibility index (Phi) is 8.26. The minimum atomic E-state index is -0.810. The molecule has 0 aliphatic carbocycles. The molecular formula is C30H37N7O6. The van der Waals surface area contributed by atoms with Gasteiger partial charge in [-0.05, 0) is 79.9 Å². The summed E-state index contributed by atoms with van der Waals surface area (Å²) < 4.78 is 12.5. The number of hydrogen-bond donors (Lipinski definition) is 3. The van der Waals surface area contributed by atoms with Gasteiger partial charge in [-0.1, -0.05) is 6.07 Å². The van der Waals surface area contributed by atoms with Gasteiger partial charge in [0.25, 0.3) is 0 Å². The van der Waals surface area contributed by atoms with Crippen LogP contribution in [0, 0.1) is 25.2 Å². The lowest BCUT2D eigenvalue weighted by Gasteiger charge is -2.27. The highest BCUT2D eigenvalue weighted by molar-refractivity contribution is 5.99. The summed E-state index contributed by atoms with van der Waals surface area (Å²) >= 11 is 0. The quantitative estimate of drug-likeness (QED) is 0.364. The average Bonchev–Trinajstić information content (AvgIpc) is 3.48. The van der Waals surface area contributed by atoms with Gasteiger partial charge < -0.3 is 14.6 Å². The lowest BCUT2D eigenvalue weighted by Crippen LogP contribution is -2.45. The second-order valence-electron chi connectivity index (χ2n) is 12.4. The van der Waals surface area contributed by atoms with Gasteiger partial charge in [0.15, 0.2) is 5.65 Å². The summed E-state index contributed by atoms with van der Waals surface area (Å²) in [6.45, 7) is 14.3. The molecule has 0 bridgehead atoms. The molecule has 1 aliphatic heterocycles. The molecule has 1 aliphatic rings. The van der Waals surface area contributed by atoms with E-state index in [2.05, 4.69) is 26.7 Å². The third-order valence-electron chi connectivity index (χ3n) is 6.69.